The molecule has 1 N–H and O–H groups in total. The van der Waals surface area contributed by atoms with Gasteiger partial charge in [-0.05, 0) is 27.2 Å². The van der Waals surface area contributed by atoms with Crippen LogP contribution in [0.2, 0.25) is 0 Å². The molecule has 0 heterocycles. The topological polar surface area (TPSA) is 55.4 Å². The molecule has 0 aliphatic rings. The molecule has 112 valence electrons. The molecule has 0 fully saturated rings. The van der Waals surface area contributed by atoms with E-state index in [1.54, 1.807) is 0 Å². The van der Waals surface area contributed by atoms with E-state index in [9.17, 15) is 9.59 Å². The van der Waals surface area contributed by atoms with Gasteiger partial charge in [-0.15, -0.1) is 0 Å². The van der Waals surface area contributed by atoms with Gasteiger partial charge in [0.25, 0.3) is 0 Å². The average Bonchev–Trinajstić information content (AvgIpc) is 2.26. The van der Waals surface area contributed by atoms with Crippen molar-refractivity contribution in [3.63, 3.8) is 0 Å². The lowest BCUT2D eigenvalue weighted by Gasteiger charge is -2.14. The first kappa shape index (κ1) is 17.9. The van der Waals surface area contributed by atoms with E-state index in [2.05, 4.69) is 12.2 Å². The van der Waals surface area contributed by atoms with Gasteiger partial charge in [-0.3, -0.25) is 9.59 Å². The Morgan fingerprint density at radius 3 is 2.26 bits per heavy atom. The fraction of sp³-hybridized carbons (Fsp3) is 0.867. The molecular weight excluding hydrogens is 242 g/mol. The summed E-state index contributed by atoms with van der Waals surface area (Å²) in [6.07, 6.45) is 6.35. The maximum Gasteiger partial charge on any atom is 0.308 e. The maximum absolute atomic E-state index is 11.6. The highest BCUT2D eigenvalue weighted by Crippen LogP contribution is 2.05. The van der Waals surface area contributed by atoms with Crippen molar-refractivity contribution >= 4 is 11.9 Å². The number of ether oxygens (including phenoxy) is 1. The Kier molecular flexibility index (Phi) is 10.2. The zero-order chi connectivity index (χ0) is 14.7. The summed E-state index contributed by atoms with van der Waals surface area (Å²) < 4.78 is 5.04. The van der Waals surface area contributed by atoms with Crippen molar-refractivity contribution in [1.29, 1.82) is 0 Å². The van der Waals surface area contributed by atoms with Gasteiger partial charge in [0.15, 0.2) is 0 Å². The zero-order valence-electron chi connectivity index (χ0n) is 12.8. The SMILES string of the molecule is CCCCCCCC(=O)NC(C)CC(=O)OC(C)C. The molecule has 0 aliphatic carbocycles. The summed E-state index contributed by atoms with van der Waals surface area (Å²) in [5, 5.41) is 2.84. The van der Waals surface area contributed by atoms with E-state index < -0.39 is 0 Å². The maximum atomic E-state index is 11.6. The van der Waals surface area contributed by atoms with Gasteiger partial charge in [-0.2, -0.15) is 0 Å². The normalized spacial score (nSPS) is 12.3. The van der Waals surface area contributed by atoms with Gasteiger partial charge in [0, 0.05) is 12.5 Å². The molecule has 0 saturated heterocycles. The van der Waals surface area contributed by atoms with E-state index in [0.717, 1.165) is 12.8 Å². The van der Waals surface area contributed by atoms with Crippen LogP contribution in [0.15, 0.2) is 0 Å². The molecule has 0 bridgehead atoms. The van der Waals surface area contributed by atoms with Gasteiger partial charge in [-0.1, -0.05) is 32.6 Å². The highest BCUT2D eigenvalue weighted by atomic mass is 16.5. The molecule has 1 atom stereocenters. The lowest BCUT2D eigenvalue weighted by Crippen LogP contribution is -2.34. The first-order chi connectivity index (χ1) is 8.95. The van der Waals surface area contributed by atoms with Gasteiger partial charge in [-0.25, -0.2) is 0 Å². The van der Waals surface area contributed by atoms with Crippen molar-refractivity contribution in [3.05, 3.63) is 0 Å². The molecule has 0 aromatic carbocycles. The molecule has 0 spiro atoms. The van der Waals surface area contributed by atoms with Crippen LogP contribution in [0, 0.1) is 0 Å². The molecule has 4 heteroatoms. The Labute approximate surface area is 117 Å². The number of carbonyl (C=O) groups excluding carboxylic acids is 2. The number of rotatable bonds is 10. The van der Waals surface area contributed by atoms with Crippen LogP contribution in [0.5, 0.6) is 0 Å². The molecule has 0 aliphatic heterocycles. The van der Waals surface area contributed by atoms with Gasteiger partial charge in [0.1, 0.15) is 0 Å². The predicted molar refractivity (Wildman–Crippen MR) is 76.8 cm³/mol. The van der Waals surface area contributed by atoms with Crippen LogP contribution in [-0.4, -0.2) is 24.0 Å². The number of unbranched alkanes of at least 4 members (excludes halogenated alkanes) is 4. The average molecular weight is 271 g/mol. The lowest BCUT2D eigenvalue weighted by molar-refractivity contribution is -0.147. The number of hydrogen-bond donors (Lipinski definition) is 1. The standard InChI is InChI=1S/C15H29NO3/c1-5-6-7-8-9-10-14(17)16-13(4)11-15(18)19-12(2)3/h12-13H,5-11H2,1-4H3,(H,16,17). The van der Waals surface area contributed by atoms with Crippen molar-refractivity contribution in [3.8, 4) is 0 Å². The third kappa shape index (κ3) is 11.7. The zero-order valence-corrected chi connectivity index (χ0v) is 12.8. The molecule has 0 radical (unpaired) electrons. The van der Waals surface area contributed by atoms with Crippen LogP contribution in [0.4, 0.5) is 0 Å². The summed E-state index contributed by atoms with van der Waals surface area (Å²) in [6.45, 7) is 7.64. The molecule has 0 aromatic rings. The fourth-order valence-electron chi connectivity index (χ4n) is 1.85. The van der Waals surface area contributed by atoms with E-state index in [1.165, 1.54) is 19.3 Å². The van der Waals surface area contributed by atoms with E-state index >= 15 is 0 Å². The summed E-state index contributed by atoms with van der Waals surface area (Å²) in [4.78, 5) is 23.0. The summed E-state index contributed by atoms with van der Waals surface area (Å²) in [5.41, 5.74) is 0. The van der Waals surface area contributed by atoms with Crippen molar-refractivity contribution in [2.45, 2.75) is 84.8 Å². The van der Waals surface area contributed by atoms with Crippen LogP contribution >= 0.6 is 0 Å². The van der Waals surface area contributed by atoms with E-state index in [4.69, 9.17) is 4.74 Å². The minimum absolute atomic E-state index is 0.0290. The second-order valence-electron chi connectivity index (χ2n) is 5.38. The Balaban J connectivity index is 3.65. The highest BCUT2D eigenvalue weighted by molar-refractivity contribution is 5.77. The monoisotopic (exact) mass is 271 g/mol. The summed E-state index contributed by atoms with van der Waals surface area (Å²) in [6, 6.07) is -0.158. The molecule has 0 saturated carbocycles. The molecule has 0 rings (SSSR count). The summed E-state index contributed by atoms with van der Waals surface area (Å²) >= 11 is 0. The second kappa shape index (κ2) is 10.8. The Morgan fingerprint density at radius 1 is 1.05 bits per heavy atom. The van der Waals surface area contributed by atoms with Gasteiger partial charge in [0.05, 0.1) is 12.5 Å². The van der Waals surface area contributed by atoms with Gasteiger partial charge in [0.2, 0.25) is 5.91 Å². The smallest absolute Gasteiger partial charge is 0.308 e. The molecule has 0 aromatic heterocycles. The van der Waals surface area contributed by atoms with Crippen molar-refractivity contribution in [2.24, 2.45) is 0 Å². The number of hydrogen-bond acceptors (Lipinski definition) is 3. The van der Waals surface area contributed by atoms with Crippen LogP contribution in [0.1, 0.15) is 72.6 Å². The number of nitrogens with one attached hydrogen (secondary N) is 1. The third-order valence-corrected chi connectivity index (χ3v) is 2.75. The van der Waals surface area contributed by atoms with Gasteiger partial charge < -0.3 is 10.1 Å². The molecule has 19 heavy (non-hydrogen) atoms. The summed E-state index contributed by atoms with van der Waals surface area (Å²) in [7, 11) is 0. The number of carbonyl (C=O) groups is 2. The second-order valence-corrected chi connectivity index (χ2v) is 5.38. The Morgan fingerprint density at radius 2 is 1.68 bits per heavy atom. The van der Waals surface area contributed by atoms with Crippen LogP contribution in [0.25, 0.3) is 0 Å². The molecule has 1 amide bonds. The lowest BCUT2D eigenvalue weighted by atomic mass is 10.1. The van der Waals surface area contributed by atoms with Crippen molar-refractivity contribution < 1.29 is 14.3 Å². The first-order valence-electron chi connectivity index (χ1n) is 7.44. The molecule has 1 unspecified atom stereocenters. The van der Waals surface area contributed by atoms with Crippen LogP contribution in [0.3, 0.4) is 0 Å². The number of amides is 1. The molecular formula is C15H29NO3. The Hall–Kier alpha value is -1.06. The van der Waals surface area contributed by atoms with E-state index in [1.807, 2.05) is 20.8 Å². The minimum atomic E-state index is -0.259. The summed E-state index contributed by atoms with van der Waals surface area (Å²) in [5.74, 6) is -0.230. The highest BCUT2D eigenvalue weighted by Gasteiger charge is 2.13. The quantitative estimate of drug-likeness (QED) is 0.490. The Bertz CT molecular complexity index is 264. The fourth-order valence-corrected chi connectivity index (χ4v) is 1.85. The minimum Gasteiger partial charge on any atom is -0.463 e. The van der Waals surface area contributed by atoms with Crippen molar-refractivity contribution in [1.82, 2.24) is 5.32 Å². The first-order valence-corrected chi connectivity index (χ1v) is 7.44. The third-order valence-electron chi connectivity index (χ3n) is 2.75. The van der Waals surface area contributed by atoms with Gasteiger partial charge >= 0.3 is 5.97 Å². The van der Waals surface area contributed by atoms with Crippen molar-refractivity contribution in [2.75, 3.05) is 0 Å². The van der Waals surface area contributed by atoms with Crippen LogP contribution < -0.4 is 5.32 Å². The predicted octanol–water partition coefficient (Wildman–Crippen LogP) is 3.19. The van der Waals surface area contributed by atoms with E-state index in [-0.39, 0.29) is 30.4 Å². The number of esters is 1. The van der Waals surface area contributed by atoms with Crippen LogP contribution in [-0.2, 0) is 14.3 Å². The van der Waals surface area contributed by atoms with E-state index in [0.29, 0.717) is 6.42 Å². The largest absolute Gasteiger partial charge is 0.463 e. The molecule has 4 nitrogen and oxygen atoms in total.